The Labute approximate surface area is 229 Å². The number of carbonyl (C=O) groups is 2. The minimum Gasteiger partial charge on any atom is -0.480 e. The number of allylic oxidation sites excluding steroid dienone is 4. The van der Waals surface area contributed by atoms with Gasteiger partial charge in [-0.1, -0.05) is 61.0 Å². The van der Waals surface area contributed by atoms with Gasteiger partial charge in [-0.15, -0.1) is 0 Å². The summed E-state index contributed by atoms with van der Waals surface area (Å²) in [5.74, 6) is -0.360. The van der Waals surface area contributed by atoms with Crippen molar-refractivity contribution in [2.45, 2.75) is 77.0 Å². The van der Waals surface area contributed by atoms with Crippen molar-refractivity contribution in [2.24, 2.45) is 33.7 Å². The number of aliphatic carboxylic acids is 1. The summed E-state index contributed by atoms with van der Waals surface area (Å²) in [5, 5.41) is 37.5. The molecule has 1 amide bonds. The van der Waals surface area contributed by atoms with E-state index in [1.807, 2.05) is 13.0 Å². The first kappa shape index (κ1) is 27.6. The van der Waals surface area contributed by atoms with Gasteiger partial charge >= 0.3 is 5.97 Å². The molecule has 1 aromatic carbocycles. The highest BCUT2D eigenvalue weighted by Gasteiger charge is 2.62. The summed E-state index contributed by atoms with van der Waals surface area (Å²) in [6.45, 7) is 6.18. The predicted molar refractivity (Wildman–Crippen MR) is 147 cm³/mol. The van der Waals surface area contributed by atoms with E-state index in [9.17, 15) is 24.9 Å². The average Bonchev–Trinajstić information content (AvgIpc) is 3.16. The number of nitrogens with zero attached hydrogens (tertiary/aromatic N) is 1. The maximum Gasteiger partial charge on any atom is 0.329 e. The van der Waals surface area contributed by atoms with Gasteiger partial charge in [-0.3, -0.25) is 4.79 Å². The average molecular weight is 537 g/mol. The van der Waals surface area contributed by atoms with Crippen LogP contribution in [-0.2, 0) is 14.4 Å². The minimum atomic E-state index is -1.51. The molecule has 0 saturated heterocycles. The van der Waals surface area contributed by atoms with Gasteiger partial charge in [0.1, 0.15) is 11.8 Å². The van der Waals surface area contributed by atoms with E-state index in [-0.39, 0.29) is 10.8 Å². The van der Waals surface area contributed by atoms with E-state index < -0.39 is 36.2 Å². The van der Waals surface area contributed by atoms with Gasteiger partial charge in [-0.25, -0.2) is 4.79 Å². The van der Waals surface area contributed by atoms with Crippen molar-refractivity contribution < 1.29 is 29.7 Å². The highest BCUT2D eigenvalue weighted by atomic mass is 16.6. The Hall–Kier alpha value is -2.97. The fourth-order valence-corrected chi connectivity index (χ4v) is 8.01. The zero-order valence-electron chi connectivity index (χ0n) is 23.0. The van der Waals surface area contributed by atoms with Crippen molar-refractivity contribution in [1.82, 2.24) is 5.32 Å². The van der Waals surface area contributed by atoms with E-state index in [4.69, 9.17) is 4.84 Å². The van der Waals surface area contributed by atoms with Crippen molar-refractivity contribution in [1.29, 1.82) is 0 Å². The molecule has 39 heavy (non-hydrogen) atoms. The molecule has 210 valence electrons. The first-order valence-electron chi connectivity index (χ1n) is 14.0. The molecule has 0 spiro atoms. The van der Waals surface area contributed by atoms with Crippen LogP contribution in [0.3, 0.4) is 0 Å². The molecular formula is C31H40N2O6. The molecule has 0 aliphatic heterocycles. The first-order valence-corrected chi connectivity index (χ1v) is 14.0. The van der Waals surface area contributed by atoms with Gasteiger partial charge in [0.25, 0.3) is 5.91 Å². The van der Waals surface area contributed by atoms with Crippen molar-refractivity contribution in [3.63, 3.8) is 0 Å². The molecule has 3 fully saturated rings. The number of oxime groups is 1. The van der Waals surface area contributed by atoms with Crippen LogP contribution in [0.4, 0.5) is 0 Å². The Bertz CT molecular complexity index is 1210. The van der Waals surface area contributed by atoms with E-state index in [2.05, 4.69) is 36.5 Å². The lowest BCUT2D eigenvalue weighted by Gasteiger charge is -2.58. The number of carboxylic acid groups (broad SMARTS) is 1. The number of rotatable bonds is 7. The number of benzene rings is 1. The molecule has 4 N–H and O–H groups in total. The molecule has 3 saturated carbocycles. The lowest BCUT2D eigenvalue weighted by atomic mass is 9.47. The zero-order chi connectivity index (χ0) is 28.0. The topological polar surface area (TPSA) is 128 Å². The lowest BCUT2D eigenvalue weighted by molar-refractivity contribution is -0.146. The fraction of sp³-hybridized carbons (Fsp3) is 0.581. The molecule has 0 radical (unpaired) electrons. The molecule has 8 heteroatoms. The summed E-state index contributed by atoms with van der Waals surface area (Å²) in [6, 6.07) is 6.82. The number of nitrogens with one attached hydrogen (secondary N) is 1. The monoisotopic (exact) mass is 536 g/mol. The van der Waals surface area contributed by atoms with Crippen LogP contribution in [0, 0.1) is 28.6 Å². The van der Waals surface area contributed by atoms with E-state index in [1.165, 1.54) is 5.57 Å². The van der Waals surface area contributed by atoms with Gasteiger partial charge in [0.2, 0.25) is 0 Å². The molecule has 0 bridgehead atoms. The maximum atomic E-state index is 12.4. The van der Waals surface area contributed by atoms with Crippen molar-refractivity contribution in [3.05, 3.63) is 59.7 Å². The Kier molecular flexibility index (Phi) is 7.22. The van der Waals surface area contributed by atoms with Crippen molar-refractivity contribution in [2.75, 3.05) is 6.61 Å². The second kappa shape index (κ2) is 10.2. The normalized spacial score (nSPS) is 37.6. The maximum absolute atomic E-state index is 12.4. The SMILES string of the molecule is C[C@]12C=CC(=NOCC(=O)N[C@H](C(=O)O)[C@H](O)c3ccccc3)C=C1CC[C@@H]1[C@@H]2CC[C@@]2(C)[C@H]1CC[C@]2(C)O. The van der Waals surface area contributed by atoms with Crippen LogP contribution in [0.25, 0.3) is 0 Å². The van der Waals surface area contributed by atoms with Gasteiger partial charge < -0.3 is 25.5 Å². The van der Waals surface area contributed by atoms with Crippen LogP contribution in [0.15, 0.2) is 59.3 Å². The van der Waals surface area contributed by atoms with Crippen LogP contribution < -0.4 is 5.32 Å². The van der Waals surface area contributed by atoms with Gasteiger partial charge in [-0.2, -0.15) is 0 Å². The predicted octanol–water partition coefficient (Wildman–Crippen LogP) is 4.15. The highest BCUT2D eigenvalue weighted by molar-refractivity contribution is 6.05. The van der Waals surface area contributed by atoms with Crippen molar-refractivity contribution >= 4 is 17.6 Å². The third-order valence-corrected chi connectivity index (χ3v) is 10.5. The van der Waals surface area contributed by atoms with Crippen LogP contribution in [0.2, 0.25) is 0 Å². The Morgan fingerprint density at radius 3 is 2.54 bits per heavy atom. The Balaban J connectivity index is 1.21. The largest absolute Gasteiger partial charge is 0.480 e. The van der Waals surface area contributed by atoms with Gasteiger partial charge in [0.15, 0.2) is 12.6 Å². The highest BCUT2D eigenvalue weighted by Crippen LogP contribution is 2.66. The minimum absolute atomic E-state index is 0.0120. The quantitative estimate of drug-likeness (QED) is 0.388. The molecule has 0 unspecified atom stereocenters. The van der Waals surface area contributed by atoms with Crippen LogP contribution in [0.1, 0.15) is 71.0 Å². The van der Waals surface area contributed by atoms with E-state index in [0.29, 0.717) is 29.0 Å². The zero-order valence-corrected chi connectivity index (χ0v) is 23.0. The number of carbonyl (C=O) groups excluding carboxylic acids is 1. The number of hydrogen-bond acceptors (Lipinski definition) is 6. The summed E-state index contributed by atoms with van der Waals surface area (Å²) in [7, 11) is 0. The third kappa shape index (κ3) is 4.82. The number of carboxylic acids is 1. The second-order valence-corrected chi connectivity index (χ2v) is 12.5. The second-order valence-electron chi connectivity index (χ2n) is 12.5. The van der Waals surface area contributed by atoms with Gasteiger partial charge in [0, 0.05) is 5.41 Å². The third-order valence-electron chi connectivity index (χ3n) is 10.5. The van der Waals surface area contributed by atoms with Crippen molar-refractivity contribution in [3.8, 4) is 0 Å². The van der Waals surface area contributed by atoms with Crippen LogP contribution in [0.5, 0.6) is 0 Å². The lowest BCUT2D eigenvalue weighted by Crippen LogP contribution is -2.53. The Morgan fingerprint density at radius 2 is 1.82 bits per heavy atom. The summed E-state index contributed by atoms with van der Waals surface area (Å²) < 4.78 is 0. The summed E-state index contributed by atoms with van der Waals surface area (Å²) >= 11 is 0. The van der Waals surface area contributed by atoms with E-state index in [0.717, 1.165) is 38.5 Å². The first-order chi connectivity index (χ1) is 18.5. The number of aliphatic hydroxyl groups excluding tert-OH is 1. The molecule has 5 rings (SSSR count). The molecular weight excluding hydrogens is 496 g/mol. The summed E-state index contributed by atoms with van der Waals surface area (Å²) in [5.41, 5.74) is 1.68. The summed E-state index contributed by atoms with van der Waals surface area (Å²) in [6.07, 6.45) is 11.0. The molecule has 1 aromatic rings. The van der Waals surface area contributed by atoms with Gasteiger partial charge in [0.05, 0.1) is 5.60 Å². The number of fused-ring (bicyclic) bond motifs is 5. The molecule has 0 aromatic heterocycles. The van der Waals surface area contributed by atoms with E-state index in [1.54, 1.807) is 30.3 Å². The molecule has 4 aliphatic rings. The molecule has 8 nitrogen and oxygen atoms in total. The van der Waals surface area contributed by atoms with Crippen LogP contribution in [-0.4, -0.2) is 51.2 Å². The molecule has 8 atom stereocenters. The van der Waals surface area contributed by atoms with Gasteiger partial charge in [-0.05, 0) is 86.3 Å². The number of amides is 1. The molecule has 4 aliphatic carbocycles. The smallest absolute Gasteiger partial charge is 0.329 e. The number of aliphatic hydroxyl groups is 2. The fourth-order valence-electron chi connectivity index (χ4n) is 8.01. The summed E-state index contributed by atoms with van der Waals surface area (Å²) in [4.78, 5) is 29.4. The molecule has 0 heterocycles. The Morgan fingerprint density at radius 1 is 1.10 bits per heavy atom. The van der Waals surface area contributed by atoms with E-state index >= 15 is 0 Å². The number of hydrogen-bond donors (Lipinski definition) is 4. The van der Waals surface area contributed by atoms with Crippen LogP contribution >= 0.6 is 0 Å². The standard InChI is InChI=1S/C31H40N2O6/c1-29-14-11-21(33-39-18-25(34)32-26(28(36)37)27(35)19-7-5-4-6-8-19)17-20(29)9-10-22-23(29)12-15-30(2)24(22)13-16-31(30,3)38/h4-8,11,14,17,22-24,26-27,35,38H,9-10,12-13,15-16,18H2,1-3H3,(H,32,34)(H,36,37)/t22-,23+,24+,26+,27-,29+,30+,31+/m1/s1.